The Morgan fingerprint density at radius 1 is 1.37 bits per heavy atom. The summed E-state index contributed by atoms with van der Waals surface area (Å²) in [4.78, 5) is 10.7. The number of nitrogens with zero attached hydrogens (tertiary/aromatic N) is 3. The van der Waals surface area contributed by atoms with Crippen LogP contribution < -0.4 is 14.4 Å². The zero-order valence-corrected chi connectivity index (χ0v) is 9.65. The van der Waals surface area contributed by atoms with Crippen molar-refractivity contribution >= 4 is 5.69 Å². The van der Waals surface area contributed by atoms with Gasteiger partial charge in [-0.1, -0.05) is 0 Å². The van der Waals surface area contributed by atoms with E-state index in [-0.39, 0.29) is 40.1 Å². The monoisotopic (exact) mass is 265 g/mol. The summed E-state index contributed by atoms with van der Waals surface area (Å²) in [6, 6.07) is 2.65. The maximum absolute atomic E-state index is 11.2. The summed E-state index contributed by atoms with van der Waals surface area (Å²) in [5, 5.41) is 25.8. The lowest BCUT2D eigenvalue weighted by Crippen LogP contribution is -2.25. The lowest BCUT2D eigenvalue weighted by atomic mass is 10.1. The van der Waals surface area contributed by atoms with Crippen LogP contribution in [0.1, 0.15) is 5.69 Å². The summed E-state index contributed by atoms with van der Waals surface area (Å²) < 4.78 is 14.7. The van der Waals surface area contributed by atoms with E-state index in [1.807, 2.05) is 0 Å². The smallest absolute Gasteiger partial charge is 0.285 e. The number of benzene rings is 1. The summed E-state index contributed by atoms with van der Waals surface area (Å²) in [6.45, 7) is 1.45. The Hall–Kier alpha value is -2.84. The van der Waals surface area contributed by atoms with Crippen LogP contribution in [0.3, 0.4) is 0 Å². The fourth-order valence-electron chi connectivity index (χ4n) is 1.81. The minimum Gasteiger partial charge on any atom is -0.454 e. The van der Waals surface area contributed by atoms with Gasteiger partial charge in [-0.25, -0.2) is 0 Å². The van der Waals surface area contributed by atoms with Crippen LogP contribution in [-0.2, 0) is 0 Å². The Balaban J connectivity index is 2.25. The zero-order chi connectivity index (χ0) is 13.6. The molecule has 0 unspecified atom stereocenters. The Morgan fingerprint density at radius 3 is 2.63 bits per heavy atom. The van der Waals surface area contributed by atoms with Crippen LogP contribution in [0.4, 0.5) is 5.69 Å². The van der Waals surface area contributed by atoms with Crippen molar-refractivity contribution < 1.29 is 23.9 Å². The highest BCUT2D eigenvalue weighted by atomic mass is 16.8. The number of hydrogen-bond donors (Lipinski definition) is 0. The minimum atomic E-state index is -0.583. The minimum absolute atomic E-state index is 0.00467. The quantitative estimate of drug-likeness (QED) is 0.450. The van der Waals surface area contributed by atoms with Crippen molar-refractivity contribution in [2.45, 2.75) is 6.92 Å². The Morgan fingerprint density at radius 2 is 2.05 bits per heavy atom. The molecule has 2 heterocycles. The number of ether oxygens (including phenoxy) is 2. The molecule has 1 aliphatic heterocycles. The van der Waals surface area contributed by atoms with Crippen molar-refractivity contribution in [3.8, 4) is 22.8 Å². The summed E-state index contributed by atoms with van der Waals surface area (Å²) in [5.41, 5.74) is 0.133. The molecule has 1 aliphatic rings. The lowest BCUT2D eigenvalue weighted by Gasteiger charge is -2.00. The van der Waals surface area contributed by atoms with Gasteiger partial charge >= 0.3 is 0 Å². The molecule has 0 spiro atoms. The van der Waals surface area contributed by atoms with Crippen molar-refractivity contribution in [1.82, 2.24) is 5.16 Å². The summed E-state index contributed by atoms with van der Waals surface area (Å²) in [6.07, 6.45) is 0. The predicted octanol–water partition coefficient (Wildman–Crippen LogP) is 0.920. The van der Waals surface area contributed by atoms with Crippen LogP contribution in [0.5, 0.6) is 11.5 Å². The van der Waals surface area contributed by atoms with Crippen LogP contribution in [0.25, 0.3) is 11.3 Å². The molecule has 0 radical (unpaired) electrons. The van der Waals surface area contributed by atoms with Gasteiger partial charge in [0.1, 0.15) is 5.56 Å². The van der Waals surface area contributed by atoms with E-state index < -0.39 is 4.92 Å². The first-order chi connectivity index (χ1) is 9.08. The fourth-order valence-corrected chi connectivity index (χ4v) is 1.81. The third-order valence-corrected chi connectivity index (χ3v) is 2.77. The van der Waals surface area contributed by atoms with Gasteiger partial charge in [0, 0.05) is 18.1 Å². The van der Waals surface area contributed by atoms with Gasteiger partial charge in [0.25, 0.3) is 11.4 Å². The Kier molecular flexibility index (Phi) is 2.27. The summed E-state index contributed by atoms with van der Waals surface area (Å²) >= 11 is 0. The Bertz CT molecular complexity index is 680. The molecular weight excluding hydrogens is 258 g/mol. The van der Waals surface area contributed by atoms with E-state index in [0.29, 0.717) is 5.75 Å². The number of fused-ring (bicyclic) bond motifs is 1. The number of nitro benzene ring substituents is 1. The molecule has 0 fully saturated rings. The van der Waals surface area contributed by atoms with E-state index in [9.17, 15) is 15.3 Å². The van der Waals surface area contributed by atoms with Crippen LogP contribution in [-0.4, -0.2) is 16.9 Å². The fraction of sp³-hybridized carbons (Fsp3) is 0.200. The standard InChI is InChI=1S/C10H7N3O6/c1-5-10(11-19-13(5)16)6-2-8-9(18-4-17-8)3-7(6)12(14)15/h2-3H,4H2,1H3. The first-order valence-electron chi connectivity index (χ1n) is 5.22. The van der Waals surface area contributed by atoms with Crippen LogP contribution >= 0.6 is 0 Å². The third-order valence-electron chi connectivity index (χ3n) is 2.77. The van der Waals surface area contributed by atoms with Crippen molar-refractivity contribution in [2.75, 3.05) is 6.79 Å². The average Bonchev–Trinajstić information content (AvgIpc) is 2.95. The van der Waals surface area contributed by atoms with Gasteiger partial charge in [0.15, 0.2) is 11.5 Å². The maximum Gasteiger partial charge on any atom is 0.285 e. The van der Waals surface area contributed by atoms with Gasteiger partial charge in [-0.3, -0.25) is 14.7 Å². The normalized spacial score (nSPS) is 12.7. The van der Waals surface area contributed by atoms with E-state index >= 15 is 0 Å². The van der Waals surface area contributed by atoms with Gasteiger partial charge in [-0.2, -0.15) is 0 Å². The van der Waals surface area contributed by atoms with Gasteiger partial charge in [-0.15, -0.1) is 0 Å². The van der Waals surface area contributed by atoms with Crippen molar-refractivity contribution in [1.29, 1.82) is 0 Å². The van der Waals surface area contributed by atoms with Gasteiger partial charge in [-0.05, 0) is 4.90 Å². The van der Waals surface area contributed by atoms with Gasteiger partial charge < -0.3 is 14.7 Å². The zero-order valence-electron chi connectivity index (χ0n) is 9.65. The van der Waals surface area contributed by atoms with Crippen LogP contribution in [0, 0.1) is 22.2 Å². The van der Waals surface area contributed by atoms with E-state index in [1.165, 1.54) is 19.1 Å². The first-order valence-corrected chi connectivity index (χ1v) is 5.22. The SMILES string of the molecule is Cc1c(-c2cc3c(cc2[N+](=O)[O-])OCO3)no[n+]1[O-]. The van der Waals surface area contributed by atoms with Crippen molar-refractivity contribution in [3.05, 3.63) is 33.1 Å². The molecule has 1 aromatic carbocycles. The van der Waals surface area contributed by atoms with E-state index in [4.69, 9.17) is 9.47 Å². The Labute approximate surface area is 105 Å². The number of nitro groups is 1. The van der Waals surface area contributed by atoms with Gasteiger partial charge in [0.05, 0.1) is 11.0 Å². The maximum atomic E-state index is 11.2. The molecule has 3 rings (SSSR count). The summed E-state index contributed by atoms with van der Waals surface area (Å²) in [7, 11) is 0. The molecule has 0 bridgehead atoms. The highest BCUT2D eigenvalue weighted by molar-refractivity contribution is 5.75. The molecule has 0 saturated carbocycles. The molecule has 0 amide bonds. The number of rotatable bonds is 2. The van der Waals surface area contributed by atoms with Crippen LogP contribution in [0.15, 0.2) is 16.8 Å². The van der Waals surface area contributed by atoms with E-state index in [1.54, 1.807) is 0 Å². The number of hydrogen-bond acceptors (Lipinski definition) is 7. The molecule has 2 aromatic rings. The van der Waals surface area contributed by atoms with Crippen LogP contribution in [0.2, 0.25) is 0 Å². The van der Waals surface area contributed by atoms with Crippen molar-refractivity contribution in [3.63, 3.8) is 0 Å². The molecule has 0 atom stereocenters. The van der Waals surface area contributed by atoms with E-state index in [0.717, 1.165) is 0 Å². The predicted molar refractivity (Wildman–Crippen MR) is 58.4 cm³/mol. The van der Waals surface area contributed by atoms with E-state index in [2.05, 4.69) is 9.79 Å². The molecule has 0 N–H and O–H groups in total. The number of aromatic nitrogens is 2. The second-order valence-electron chi connectivity index (χ2n) is 3.84. The second-order valence-corrected chi connectivity index (χ2v) is 3.84. The molecule has 0 aliphatic carbocycles. The molecule has 9 nitrogen and oxygen atoms in total. The second kappa shape index (κ2) is 3.83. The van der Waals surface area contributed by atoms with Gasteiger partial charge in [0.2, 0.25) is 12.5 Å². The molecule has 1 aromatic heterocycles. The third kappa shape index (κ3) is 1.63. The van der Waals surface area contributed by atoms with Crippen molar-refractivity contribution in [2.24, 2.45) is 0 Å². The highest BCUT2D eigenvalue weighted by Gasteiger charge is 2.30. The average molecular weight is 265 g/mol. The molecule has 0 saturated heterocycles. The molecule has 98 valence electrons. The molecule has 9 heteroatoms. The lowest BCUT2D eigenvalue weighted by molar-refractivity contribution is -0.806. The highest BCUT2D eigenvalue weighted by Crippen LogP contribution is 2.42. The first kappa shape index (κ1) is 11.3. The molecule has 19 heavy (non-hydrogen) atoms. The molecular formula is C10H7N3O6. The topological polar surface area (TPSA) is 115 Å². The summed E-state index contributed by atoms with van der Waals surface area (Å²) in [5.74, 6) is 0.645. The largest absolute Gasteiger partial charge is 0.454 e.